The maximum atomic E-state index is 11.8. The van der Waals surface area contributed by atoms with Crippen LogP contribution in [-0.4, -0.2) is 20.4 Å². The monoisotopic (exact) mass is 216 g/mol. The molecule has 0 atom stereocenters. The normalized spacial score (nSPS) is 10.0. The van der Waals surface area contributed by atoms with Crippen LogP contribution < -0.4 is 11.4 Å². The maximum absolute atomic E-state index is 11.8. The van der Waals surface area contributed by atoms with Gasteiger partial charge < -0.3 is 5.73 Å². The van der Waals surface area contributed by atoms with E-state index < -0.39 is 11.6 Å². The fourth-order valence-electron chi connectivity index (χ4n) is 1.21. The quantitative estimate of drug-likeness (QED) is 0.719. The molecule has 0 aliphatic rings. The van der Waals surface area contributed by atoms with Crippen LogP contribution in [0.5, 0.6) is 0 Å². The zero-order valence-electron chi connectivity index (χ0n) is 8.20. The molecule has 0 saturated carbocycles. The zero-order chi connectivity index (χ0) is 11.5. The minimum atomic E-state index is -0.735. The first-order chi connectivity index (χ1) is 7.68. The average molecular weight is 216 g/mol. The summed E-state index contributed by atoms with van der Waals surface area (Å²) >= 11 is 0. The zero-order valence-corrected chi connectivity index (χ0v) is 8.20. The van der Waals surface area contributed by atoms with Crippen LogP contribution in [0.25, 0.3) is 0 Å². The molecule has 16 heavy (non-hydrogen) atoms. The van der Waals surface area contributed by atoms with Gasteiger partial charge in [0.15, 0.2) is 0 Å². The molecule has 1 heterocycles. The molecule has 0 aliphatic heterocycles. The molecule has 2 N–H and O–H groups in total. The molecule has 2 rings (SSSR count). The first-order valence-corrected chi connectivity index (χ1v) is 4.49. The van der Waals surface area contributed by atoms with E-state index in [9.17, 15) is 9.59 Å². The van der Waals surface area contributed by atoms with Crippen molar-refractivity contribution in [2.45, 2.75) is 0 Å². The molecule has 0 fully saturated rings. The van der Waals surface area contributed by atoms with E-state index in [0.717, 1.165) is 10.9 Å². The van der Waals surface area contributed by atoms with Crippen molar-refractivity contribution in [3.05, 3.63) is 52.7 Å². The predicted octanol–water partition coefficient (Wildman–Crippen LogP) is -0.0910. The molecule has 0 bridgehead atoms. The number of nitrogens with two attached hydrogens (primary N) is 1. The van der Waals surface area contributed by atoms with E-state index in [1.807, 2.05) is 0 Å². The number of aromatic nitrogens is 3. The number of hydrogen-bond donors (Lipinski definition) is 1. The van der Waals surface area contributed by atoms with E-state index in [2.05, 4.69) is 9.97 Å². The van der Waals surface area contributed by atoms with Crippen molar-refractivity contribution in [2.24, 2.45) is 0 Å². The Morgan fingerprint density at radius 1 is 1.25 bits per heavy atom. The van der Waals surface area contributed by atoms with Crippen LogP contribution in [0.15, 0.2) is 41.5 Å². The number of anilines is 1. The summed E-state index contributed by atoms with van der Waals surface area (Å²) < 4.78 is 0.811. The van der Waals surface area contributed by atoms with Crippen LogP contribution in [0.4, 0.5) is 5.95 Å². The smallest absolute Gasteiger partial charge is 0.359 e. The van der Waals surface area contributed by atoms with E-state index >= 15 is 0 Å². The minimum absolute atomic E-state index is 0.151. The molecule has 0 aliphatic carbocycles. The Kier molecular flexibility index (Phi) is 2.47. The Balaban J connectivity index is 2.47. The maximum Gasteiger partial charge on any atom is 0.359 e. The third-order valence-corrected chi connectivity index (χ3v) is 1.96. The lowest BCUT2D eigenvalue weighted by molar-refractivity contribution is 0.0953. The number of carbonyl (C=O) groups excluding carboxylic acids is 1. The summed E-state index contributed by atoms with van der Waals surface area (Å²) in [6.45, 7) is 0. The van der Waals surface area contributed by atoms with E-state index in [4.69, 9.17) is 5.73 Å². The van der Waals surface area contributed by atoms with Crippen molar-refractivity contribution in [2.75, 3.05) is 5.73 Å². The van der Waals surface area contributed by atoms with E-state index in [0.29, 0.717) is 5.56 Å². The molecule has 0 unspecified atom stereocenters. The van der Waals surface area contributed by atoms with Gasteiger partial charge in [0.05, 0.1) is 0 Å². The molecule has 1 aromatic heterocycles. The average Bonchev–Trinajstić information content (AvgIpc) is 2.29. The van der Waals surface area contributed by atoms with Gasteiger partial charge >= 0.3 is 5.69 Å². The minimum Gasteiger partial charge on any atom is -0.368 e. The lowest BCUT2D eigenvalue weighted by atomic mass is 10.2. The Hall–Kier alpha value is -2.50. The molecular weight excluding hydrogens is 208 g/mol. The van der Waals surface area contributed by atoms with Gasteiger partial charge in [0.1, 0.15) is 6.33 Å². The van der Waals surface area contributed by atoms with Crippen LogP contribution in [0.2, 0.25) is 0 Å². The topological polar surface area (TPSA) is 90.9 Å². The van der Waals surface area contributed by atoms with E-state index in [1.165, 1.54) is 0 Å². The number of hydrogen-bond acceptors (Lipinski definition) is 5. The molecule has 0 radical (unpaired) electrons. The van der Waals surface area contributed by atoms with Gasteiger partial charge in [-0.3, -0.25) is 4.79 Å². The van der Waals surface area contributed by atoms with Gasteiger partial charge in [-0.2, -0.15) is 4.98 Å². The van der Waals surface area contributed by atoms with Gasteiger partial charge in [-0.25, -0.2) is 14.3 Å². The summed E-state index contributed by atoms with van der Waals surface area (Å²) in [4.78, 5) is 30.2. The van der Waals surface area contributed by atoms with Crippen molar-refractivity contribution in [3.63, 3.8) is 0 Å². The first kappa shape index (κ1) is 10.0. The fourth-order valence-corrected chi connectivity index (χ4v) is 1.21. The van der Waals surface area contributed by atoms with Crippen LogP contribution in [0, 0.1) is 0 Å². The summed E-state index contributed by atoms with van der Waals surface area (Å²) in [5.41, 5.74) is 4.87. The molecule has 0 spiro atoms. The Morgan fingerprint density at radius 3 is 2.56 bits per heavy atom. The van der Waals surface area contributed by atoms with Gasteiger partial charge in [0, 0.05) is 5.56 Å². The standard InChI is InChI=1S/C10H8N4O2/c11-9-12-6-14(10(16)13-9)8(15)7-4-2-1-3-5-7/h1-6H,(H2,11,13,16). The third kappa shape index (κ3) is 1.81. The highest BCUT2D eigenvalue weighted by atomic mass is 16.2. The second kappa shape index (κ2) is 3.93. The van der Waals surface area contributed by atoms with Crippen LogP contribution in [0.3, 0.4) is 0 Å². The molecule has 80 valence electrons. The lowest BCUT2D eigenvalue weighted by Crippen LogP contribution is -2.30. The number of nitrogen functional groups attached to an aromatic ring is 1. The Bertz CT molecular complexity index is 577. The summed E-state index contributed by atoms with van der Waals surface area (Å²) in [5, 5.41) is 0. The van der Waals surface area contributed by atoms with Crippen molar-refractivity contribution in [1.82, 2.24) is 14.5 Å². The predicted molar refractivity (Wildman–Crippen MR) is 56.9 cm³/mol. The van der Waals surface area contributed by atoms with Crippen LogP contribution in [0.1, 0.15) is 10.4 Å². The van der Waals surface area contributed by atoms with E-state index in [-0.39, 0.29) is 5.95 Å². The second-order valence-corrected chi connectivity index (χ2v) is 3.04. The highest BCUT2D eigenvalue weighted by Crippen LogP contribution is 2.00. The van der Waals surface area contributed by atoms with Crippen LogP contribution >= 0.6 is 0 Å². The summed E-state index contributed by atoms with van der Waals surface area (Å²) in [6, 6.07) is 8.39. The number of nitrogens with zero attached hydrogens (tertiary/aromatic N) is 3. The third-order valence-electron chi connectivity index (χ3n) is 1.96. The SMILES string of the molecule is Nc1ncn(C(=O)c2ccccc2)c(=O)n1. The summed E-state index contributed by atoms with van der Waals surface area (Å²) in [6.07, 6.45) is 1.07. The van der Waals surface area contributed by atoms with Gasteiger partial charge in [0.25, 0.3) is 5.91 Å². The molecular formula is C10H8N4O2. The molecule has 1 aromatic carbocycles. The van der Waals surface area contributed by atoms with Gasteiger partial charge in [-0.05, 0) is 12.1 Å². The Labute approximate surface area is 90.4 Å². The molecule has 2 aromatic rings. The van der Waals surface area contributed by atoms with Gasteiger partial charge in [-0.1, -0.05) is 18.2 Å². The first-order valence-electron chi connectivity index (χ1n) is 4.49. The number of benzene rings is 1. The van der Waals surface area contributed by atoms with Crippen molar-refractivity contribution in [1.29, 1.82) is 0 Å². The Morgan fingerprint density at radius 2 is 1.94 bits per heavy atom. The number of carbonyl (C=O) groups is 1. The van der Waals surface area contributed by atoms with Crippen molar-refractivity contribution >= 4 is 11.9 Å². The summed E-state index contributed by atoms with van der Waals surface area (Å²) in [7, 11) is 0. The van der Waals surface area contributed by atoms with Gasteiger partial charge in [0.2, 0.25) is 5.95 Å². The fraction of sp³-hybridized carbons (Fsp3) is 0. The molecule has 6 nitrogen and oxygen atoms in total. The largest absolute Gasteiger partial charge is 0.368 e. The lowest BCUT2D eigenvalue weighted by Gasteiger charge is -2.02. The highest BCUT2D eigenvalue weighted by molar-refractivity contribution is 5.95. The van der Waals surface area contributed by atoms with Crippen molar-refractivity contribution in [3.8, 4) is 0 Å². The van der Waals surface area contributed by atoms with E-state index in [1.54, 1.807) is 30.3 Å². The number of rotatable bonds is 1. The van der Waals surface area contributed by atoms with Gasteiger partial charge in [-0.15, -0.1) is 0 Å². The molecule has 6 heteroatoms. The molecule has 0 amide bonds. The van der Waals surface area contributed by atoms with Crippen molar-refractivity contribution < 1.29 is 4.79 Å². The summed E-state index contributed by atoms with van der Waals surface area (Å²) in [5.74, 6) is -0.632. The second-order valence-electron chi connectivity index (χ2n) is 3.04. The highest BCUT2D eigenvalue weighted by Gasteiger charge is 2.10. The molecule has 0 saturated heterocycles. The van der Waals surface area contributed by atoms with Crippen LogP contribution in [-0.2, 0) is 0 Å².